The van der Waals surface area contributed by atoms with Gasteiger partial charge in [-0.3, -0.25) is 4.90 Å². The first-order chi connectivity index (χ1) is 9.11. The van der Waals surface area contributed by atoms with E-state index in [9.17, 15) is 0 Å². The molecule has 1 atom stereocenters. The Morgan fingerprint density at radius 2 is 2.05 bits per heavy atom. The van der Waals surface area contributed by atoms with Crippen molar-refractivity contribution >= 4 is 15.9 Å². The number of nitrogens with zero attached hydrogens (tertiary/aromatic N) is 1. The lowest BCUT2D eigenvalue weighted by Gasteiger charge is -2.42. The van der Waals surface area contributed by atoms with E-state index in [2.05, 4.69) is 58.3 Å². The van der Waals surface area contributed by atoms with E-state index in [1.54, 1.807) is 11.1 Å². The Hall–Kier alpha value is -0.380. The molecule has 0 saturated carbocycles. The van der Waals surface area contributed by atoms with Crippen molar-refractivity contribution in [3.05, 3.63) is 33.8 Å². The zero-order valence-corrected chi connectivity index (χ0v) is 13.5. The predicted octanol–water partition coefficient (Wildman–Crippen LogP) is 3.51. The van der Waals surface area contributed by atoms with E-state index in [4.69, 9.17) is 0 Å². The highest BCUT2D eigenvalue weighted by Gasteiger charge is 2.34. The van der Waals surface area contributed by atoms with Gasteiger partial charge in [0.1, 0.15) is 0 Å². The minimum Gasteiger partial charge on any atom is -0.314 e. The molecule has 2 aliphatic rings. The molecule has 1 N–H and O–H groups in total. The van der Waals surface area contributed by atoms with Crippen molar-refractivity contribution in [2.75, 3.05) is 20.1 Å². The van der Waals surface area contributed by atoms with Crippen LogP contribution in [-0.4, -0.2) is 30.6 Å². The standard InChI is InChI=1S/C16H23BrN2/c1-16(18-2)7-9-19(10-8-16)15-6-3-12-11-13(17)4-5-14(12)15/h4-5,11,15,18H,3,6-10H2,1-2H3. The molecule has 1 aromatic carbocycles. The predicted molar refractivity (Wildman–Crippen MR) is 83.5 cm³/mol. The summed E-state index contributed by atoms with van der Waals surface area (Å²) in [5, 5.41) is 3.49. The summed E-state index contributed by atoms with van der Waals surface area (Å²) in [6.07, 6.45) is 5.04. The van der Waals surface area contributed by atoms with Crippen molar-refractivity contribution in [2.45, 2.75) is 44.2 Å². The van der Waals surface area contributed by atoms with Gasteiger partial charge in [-0.05, 0) is 62.9 Å². The maximum absolute atomic E-state index is 3.58. The second-order valence-electron chi connectivity index (χ2n) is 6.24. The summed E-state index contributed by atoms with van der Waals surface area (Å²) >= 11 is 3.58. The Labute approximate surface area is 124 Å². The van der Waals surface area contributed by atoms with Crippen molar-refractivity contribution in [1.29, 1.82) is 0 Å². The van der Waals surface area contributed by atoms with E-state index < -0.39 is 0 Å². The number of rotatable bonds is 2. The van der Waals surface area contributed by atoms with E-state index in [0.29, 0.717) is 11.6 Å². The number of benzene rings is 1. The molecule has 3 rings (SSSR count). The van der Waals surface area contributed by atoms with Gasteiger partial charge in [-0.15, -0.1) is 0 Å². The van der Waals surface area contributed by atoms with Gasteiger partial charge >= 0.3 is 0 Å². The molecule has 1 aliphatic heterocycles. The van der Waals surface area contributed by atoms with Gasteiger partial charge in [0, 0.05) is 29.1 Å². The van der Waals surface area contributed by atoms with Crippen LogP contribution in [-0.2, 0) is 6.42 Å². The van der Waals surface area contributed by atoms with E-state index in [1.165, 1.54) is 43.2 Å². The first-order valence-corrected chi connectivity index (χ1v) is 8.12. The van der Waals surface area contributed by atoms with Crippen molar-refractivity contribution < 1.29 is 0 Å². The van der Waals surface area contributed by atoms with Gasteiger partial charge in [-0.1, -0.05) is 22.0 Å². The van der Waals surface area contributed by atoms with Crippen molar-refractivity contribution in [3.63, 3.8) is 0 Å². The fourth-order valence-electron chi connectivity index (χ4n) is 3.52. The fraction of sp³-hybridized carbons (Fsp3) is 0.625. The van der Waals surface area contributed by atoms with Crippen LogP contribution in [0.25, 0.3) is 0 Å². The van der Waals surface area contributed by atoms with E-state index in [-0.39, 0.29) is 0 Å². The van der Waals surface area contributed by atoms with Crippen molar-refractivity contribution in [2.24, 2.45) is 0 Å². The molecular weight excluding hydrogens is 300 g/mol. The van der Waals surface area contributed by atoms with Crippen LogP contribution in [0.1, 0.15) is 43.4 Å². The van der Waals surface area contributed by atoms with Crippen molar-refractivity contribution in [3.8, 4) is 0 Å². The fourth-order valence-corrected chi connectivity index (χ4v) is 3.93. The molecule has 1 aromatic rings. The number of nitrogens with one attached hydrogen (secondary N) is 1. The van der Waals surface area contributed by atoms with Gasteiger partial charge in [0.05, 0.1) is 0 Å². The lowest BCUT2D eigenvalue weighted by molar-refractivity contribution is 0.110. The maximum atomic E-state index is 3.58. The monoisotopic (exact) mass is 322 g/mol. The van der Waals surface area contributed by atoms with Crippen LogP contribution in [0, 0.1) is 0 Å². The molecule has 0 aromatic heterocycles. The quantitative estimate of drug-likeness (QED) is 0.896. The molecule has 1 fully saturated rings. The van der Waals surface area contributed by atoms with Gasteiger partial charge in [-0.25, -0.2) is 0 Å². The highest BCUT2D eigenvalue weighted by atomic mass is 79.9. The number of hydrogen-bond donors (Lipinski definition) is 1. The van der Waals surface area contributed by atoms with Crippen LogP contribution in [0.2, 0.25) is 0 Å². The molecule has 3 heteroatoms. The number of halogens is 1. The second kappa shape index (κ2) is 5.19. The SMILES string of the molecule is CNC1(C)CCN(C2CCc3cc(Br)ccc32)CC1. The molecule has 0 amide bonds. The third-order valence-electron chi connectivity index (χ3n) is 5.10. The van der Waals surface area contributed by atoms with E-state index in [1.807, 2.05) is 0 Å². The molecular formula is C16H23BrN2. The highest BCUT2D eigenvalue weighted by Crippen LogP contribution is 2.39. The van der Waals surface area contributed by atoms with Crippen LogP contribution in [0.3, 0.4) is 0 Å². The van der Waals surface area contributed by atoms with Gasteiger partial charge in [0.25, 0.3) is 0 Å². The lowest BCUT2D eigenvalue weighted by atomic mass is 9.88. The second-order valence-corrected chi connectivity index (χ2v) is 7.16. The third kappa shape index (κ3) is 2.61. The van der Waals surface area contributed by atoms with Crippen molar-refractivity contribution in [1.82, 2.24) is 10.2 Å². The molecule has 1 aliphatic carbocycles. The lowest BCUT2D eigenvalue weighted by Crippen LogP contribution is -2.50. The Balaban J connectivity index is 1.73. The number of likely N-dealkylation sites (tertiary alicyclic amines) is 1. The Bertz CT molecular complexity index is 464. The summed E-state index contributed by atoms with van der Waals surface area (Å²) in [6, 6.07) is 7.48. The van der Waals surface area contributed by atoms with E-state index >= 15 is 0 Å². The topological polar surface area (TPSA) is 15.3 Å². The molecule has 1 unspecified atom stereocenters. The molecule has 104 valence electrons. The third-order valence-corrected chi connectivity index (χ3v) is 5.59. The van der Waals surface area contributed by atoms with Crippen LogP contribution in [0.15, 0.2) is 22.7 Å². The average Bonchev–Trinajstić information content (AvgIpc) is 2.82. The smallest absolute Gasteiger partial charge is 0.0354 e. The minimum absolute atomic E-state index is 0.345. The number of hydrogen-bond acceptors (Lipinski definition) is 2. The average molecular weight is 323 g/mol. The normalized spacial score (nSPS) is 26.4. The maximum Gasteiger partial charge on any atom is 0.0354 e. The van der Waals surface area contributed by atoms with Gasteiger partial charge in [0.15, 0.2) is 0 Å². The number of piperidine rings is 1. The van der Waals surface area contributed by atoms with Crippen LogP contribution in [0.5, 0.6) is 0 Å². The zero-order valence-electron chi connectivity index (χ0n) is 11.9. The Morgan fingerprint density at radius 1 is 1.32 bits per heavy atom. The Morgan fingerprint density at radius 3 is 2.74 bits per heavy atom. The molecule has 1 heterocycles. The van der Waals surface area contributed by atoms with Crippen LogP contribution < -0.4 is 5.32 Å². The largest absolute Gasteiger partial charge is 0.314 e. The molecule has 1 saturated heterocycles. The summed E-state index contributed by atoms with van der Waals surface area (Å²) < 4.78 is 1.22. The molecule has 0 radical (unpaired) electrons. The first-order valence-electron chi connectivity index (χ1n) is 7.33. The summed E-state index contributed by atoms with van der Waals surface area (Å²) in [4.78, 5) is 2.69. The van der Waals surface area contributed by atoms with Crippen LogP contribution >= 0.6 is 15.9 Å². The number of fused-ring (bicyclic) bond motifs is 1. The zero-order chi connectivity index (χ0) is 13.5. The summed E-state index contributed by atoms with van der Waals surface area (Å²) in [5.74, 6) is 0. The summed E-state index contributed by atoms with van der Waals surface area (Å²) in [7, 11) is 2.10. The minimum atomic E-state index is 0.345. The summed E-state index contributed by atoms with van der Waals surface area (Å²) in [5.41, 5.74) is 3.45. The van der Waals surface area contributed by atoms with E-state index in [0.717, 1.165) is 0 Å². The van der Waals surface area contributed by atoms with Gasteiger partial charge in [-0.2, -0.15) is 0 Å². The molecule has 0 spiro atoms. The summed E-state index contributed by atoms with van der Waals surface area (Å²) in [6.45, 7) is 4.79. The highest BCUT2D eigenvalue weighted by molar-refractivity contribution is 9.10. The van der Waals surface area contributed by atoms with Gasteiger partial charge in [0.2, 0.25) is 0 Å². The first kappa shape index (κ1) is 13.6. The molecule has 0 bridgehead atoms. The molecule has 2 nitrogen and oxygen atoms in total. The van der Waals surface area contributed by atoms with Crippen LogP contribution in [0.4, 0.5) is 0 Å². The number of aryl methyl sites for hydroxylation is 1. The van der Waals surface area contributed by atoms with Gasteiger partial charge < -0.3 is 5.32 Å². The Kier molecular flexibility index (Phi) is 3.71. The molecule has 19 heavy (non-hydrogen) atoms.